The van der Waals surface area contributed by atoms with Crippen LogP contribution in [0.3, 0.4) is 0 Å². The largest absolute Gasteiger partial charge is 0.303 e. The number of hydrogen-bond acceptors (Lipinski definition) is 5. The van der Waals surface area contributed by atoms with Crippen LogP contribution in [0.25, 0.3) is 0 Å². The zero-order valence-electron chi connectivity index (χ0n) is 10.1. The second kappa shape index (κ2) is 5.77. The number of aromatic nitrogens is 3. The van der Waals surface area contributed by atoms with Crippen LogP contribution in [0.15, 0.2) is 24.5 Å². The van der Waals surface area contributed by atoms with Gasteiger partial charge in [-0.2, -0.15) is 5.10 Å². The summed E-state index contributed by atoms with van der Waals surface area (Å²) in [5.74, 6) is 0.696. The molecule has 0 amide bonds. The number of halogens is 1. The number of hydrogen-bond donors (Lipinski definition) is 2. The molecule has 0 aliphatic heterocycles. The normalized spacial score (nSPS) is 12.3. The third-order valence-corrected chi connectivity index (χ3v) is 3.05. The molecule has 0 saturated carbocycles. The standard InChI is InChI=1S/C11H12ClN5O2/c1-7(11-14-6-15-16-11)13-5-8-4-9(17(18)19)2-3-10(8)12/h2-4,6-7,13H,5H2,1H3,(H,14,15,16). The van der Waals surface area contributed by atoms with Crippen LogP contribution in [0.2, 0.25) is 5.02 Å². The lowest BCUT2D eigenvalue weighted by Crippen LogP contribution is -2.19. The van der Waals surface area contributed by atoms with Gasteiger partial charge in [-0.15, -0.1) is 0 Å². The first-order valence-corrected chi connectivity index (χ1v) is 5.97. The summed E-state index contributed by atoms with van der Waals surface area (Å²) in [7, 11) is 0. The summed E-state index contributed by atoms with van der Waals surface area (Å²) in [4.78, 5) is 14.3. The Hall–Kier alpha value is -1.99. The van der Waals surface area contributed by atoms with Crippen LogP contribution in [0.1, 0.15) is 24.4 Å². The molecule has 8 heteroatoms. The van der Waals surface area contributed by atoms with E-state index in [2.05, 4.69) is 20.5 Å². The van der Waals surface area contributed by atoms with Crippen molar-refractivity contribution in [3.8, 4) is 0 Å². The highest BCUT2D eigenvalue weighted by Gasteiger charge is 2.12. The molecule has 1 aromatic heterocycles. The van der Waals surface area contributed by atoms with Crippen LogP contribution in [-0.2, 0) is 6.54 Å². The molecule has 100 valence electrons. The molecule has 0 aliphatic carbocycles. The van der Waals surface area contributed by atoms with Gasteiger partial charge >= 0.3 is 0 Å². The Morgan fingerprint density at radius 3 is 3.00 bits per heavy atom. The minimum atomic E-state index is -0.445. The molecule has 19 heavy (non-hydrogen) atoms. The summed E-state index contributed by atoms with van der Waals surface area (Å²) < 4.78 is 0. The summed E-state index contributed by atoms with van der Waals surface area (Å²) in [6.07, 6.45) is 1.42. The fourth-order valence-electron chi connectivity index (χ4n) is 1.59. The number of nitrogens with one attached hydrogen (secondary N) is 2. The maximum atomic E-state index is 10.7. The molecular weight excluding hydrogens is 270 g/mol. The Morgan fingerprint density at radius 2 is 2.37 bits per heavy atom. The van der Waals surface area contributed by atoms with Crippen molar-refractivity contribution in [1.29, 1.82) is 0 Å². The van der Waals surface area contributed by atoms with E-state index in [0.717, 1.165) is 0 Å². The zero-order chi connectivity index (χ0) is 13.8. The van der Waals surface area contributed by atoms with Gasteiger partial charge in [0.05, 0.1) is 11.0 Å². The van der Waals surface area contributed by atoms with Gasteiger partial charge in [-0.3, -0.25) is 15.2 Å². The third-order valence-electron chi connectivity index (χ3n) is 2.68. The molecule has 1 atom stereocenters. The van der Waals surface area contributed by atoms with E-state index in [4.69, 9.17) is 11.6 Å². The average molecular weight is 282 g/mol. The molecule has 0 spiro atoms. The molecule has 7 nitrogen and oxygen atoms in total. The molecule has 0 fully saturated rings. The van der Waals surface area contributed by atoms with Crippen molar-refractivity contribution >= 4 is 17.3 Å². The number of nitrogens with zero attached hydrogens (tertiary/aromatic N) is 3. The summed E-state index contributed by atoms with van der Waals surface area (Å²) in [6.45, 7) is 2.31. The summed E-state index contributed by atoms with van der Waals surface area (Å²) in [6, 6.07) is 4.31. The van der Waals surface area contributed by atoms with Crippen LogP contribution < -0.4 is 5.32 Å². The van der Waals surface area contributed by atoms with Gasteiger partial charge in [-0.1, -0.05) is 11.6 Å². The molecule has 0 bridgehead atoms. The number of nitro benzene ring substituents is 1. The van der Waals surface area contributed by atoms with Crippen molar-refractivity contribution in [3.63, 3.8) is 0 Å². The Bertz CT molecular complexity index is 572. The first kappa shape index (κ1) is 13.4. The fourth-order valence-corrected chi connectivity index (χ4v) is 1.78. The highest BCUT2D eigenvalue weighted by atomic mass is 35.5. The van der Waals surface area contributed by atoms with Crippen molar-refractivity contribution in [3.05, 3.63) is 51.1 Å². The van der Waals surface area contributed by atoms with E-state index in [1.54, 1.807) is 0 Å². The zero-order valence-corrected chi connectivity index (χ0v) is 10.9. The molecule has 0 saturated heterocycles. The van der Waals surface area contributed by atoms with Crippen molar-refractivity contribution in [1.82, 2.24) is 20.5 Å². The van der Waals surface area contributed by atoms with Gasteiger partial charge in [0, 0.05) is 23.7 Å². The fraction of sp³-hybridized carbons (Fsp3) is 0.273. The summed E-state index contributed by atoms with van der Waals surface area (Å²) in [5, 5.41) is 20.9. The van der Waals surface area contributed by atoms with Crippen LogP contribution in [0.4, 0.5) is 5.69 Å². The van der Waals surface area contributed by atoms with E-state index in [0.29, 0.717) is 23.0 Å². The third kappa shape index (κ3) is 3.27. The Labute approximate surface area is 114 Å². The number of benzene rings is 1. The van der Waals surface area contributed by atoms with Gasteiger partial charge in [-0.25, -0.2) is 4.98 Å². The van der Waals surface area contributed by atoms with E-state index >= 15 is 0 Å². The molecule has 1 heterocycles. The minimum absolute atomic E-state index is 0.0218. The predicted octanol–water partition coefficient (Wildman–Crippen LogP) is 2.22. The topological polar surface area (TPSA) is 96.7 Å². The van der Waals surface area contributed by atoms with E-state index in [9.17, 15) is 10.1 Å². The van der Waals surface area contributed by atoms with E-state index < -0.39 is 4.92 Å². The van der Waals surface area contributed by atoms with E-state index in [-0.39, 0.29) is 11.7 Å². The molecule has 1 aromatic carbocycles. The molecule has 0 aliphatic rings. The maximum Gasteiger partial charge on any atom is 0.269 e. The predicted molar refractivity (Wildman–Crippen MR) is 69.7 cm³/mol. The van der Waals surface area contributed by atoms with Crippen LogP contribution in [0.5, 0.6) is 0 Å². The lowest BCUT2D eigenvalue weighted by atomic mass is 10.2. The Balaban J connectivity index is 2.06. The van der Waals surface area contributed by atoms with Gasteiger partial charge in [0.1, 0.15) is 12.2 Å². The van der Waals surface area contributed by atoms with E-state index in [1.807, 2.05) is 6.92 Å². The number of non-ortho nitro benzene ring substituents is 1. The molecule has 2 N–H and O–H groups in total. The smallest absolute Gasteiger partial charge is 0.269 e. The second-order valence-electron chi connectivity index (χ2n) is 4.01. The minimum Gasteiger partial charge on any atom is -0.303 e. The summed E-state index contributed by atoms with van der Waals surface area (Å²) in [5.41, 5.74) is 0.691. The van der Waals surface area contributed by atoms with Gasteiger partial charge in [-0.05, 0) is 18.6 Å². The Kier molecular flexibility index (Phi) is 4.08. The molecule has 0 radical (unpaired) electrons. The molecular formula is C11H12ClN5O2. The number of rotatable bonds is 5. The lowest BCUT2D eigenvalue weighted by molar-refractivity contribution is -0.384. The number of H-pyrrole nitrogens is 1. The average Bonchev–Trinajstić information content (AvgIpc) is 2.91. The number of aromatic amines is 1. The van der Waals surface area contributed by atoms with Gasteiger partial charge in [0.25, 0.3) is 5.69 Å². The number of nitro groups is 1. The van der Waals surface area contributed by atoms with Crippen LogP contribution in [0, 0.1) is 10.1 Å². The molecule has 2 rings (SSSR count). The van der Waals surface area contributed by atoms with Gasteiger partial charge in [0.2, 0.25) is 0 Å². The quantitative estimate of drug-likeness (QED) is 0.647. The van der Waals surface area contributed by atoms with Gasteiger partial charge < -0.3 is 5.32 Å². The first-order chi connectivity index (χ1) is 9.08. The van der Waals surface area contributed by atoms with Crippen LogP contribution >= 0.6 is 11.6 Å². The monoisotopic (exact) mass is 281 g/mol. The van der Waals surface area contributed by atoms with Crippen molar-refractivity contribution < 1.29 is 4.92 Å². The molecule has 2 aromatic rings. The maximum absolute atomic E-state index is 10.7. The molecule has 1 unspecified atom stereocenters. The van der Waals surface area contributed by atoms with Crippen molar-refractivity contribution in [2.75, 3.05) is 0 Å². The highest BCUT2D eigenvalue weighted by molar-refractivity contribution is 6.31. The lowest BCUT2D eigenvalue weighted by Gasteiger charge is -2.11. The van der Waals surface area contributed by atoms with Crippen molar-refractivity contribution in [2.45, 2.75) is 19.5 Å². The SMILES string of the molecule is CC(NCc1cc([N+](=O)[O-])ccc1Cl)c1ncn[nH]1. The van der Waals surface area contributed by atoms with Crippen LogP contribution in [-0.4, -0.2) is 20.1 Å². The van der Waals surface area contributed by atoms with Crippen molar-refractivity contribution in [2.24, 2.45) is 0 Å². The Morgan fingerprint density at radius 1 is 1.58 bits per heavy atom. The summed E-state index contributed by atoms with van der Waals surface area (Å²) >= 11 is 6.01. The highest BCUT2D eigenvalue weighted by Crippen LogP contribution is 2.22. The first-order valence-electron chi connectivity index (χ1n) is 5.59. The second-order valence-corrected chi connectivity index (χ2v) is 4.41. The van der Waals surface area contributed by atoms with E-state index in [1.165, 1.54) is 24.5 Å². The van der Waals surface area contributed by atoms with Gasteiger partial charge in [0.15, 0.2) is 0 Å².